The smallest absolute Gasteiger partial charge is 0.334 e. The Morgan fingerprint density at radius 1 is 1.43 bits per heavy atom. The first-order valence-corrected chi connectivity index (χ1v) is 7.69. The van der Waals surface area contributed by atoms with Crippen molar-refractivity contribution in [3.05, 3.63) is 15.8 Å². The molecule has 1 heterocycles. The van der Waals surface area contributed by atoms with Gasteiger partial charge in [-0.1, -0.05) is 32.6 Å². The van der Waals surface area contributed by atoms with Crippen LogP contribution in [0.4, 0.5) is 11.5 Å². The van der Waals surface area contributed by atoms with E-state index in [1.807, 2.05) is 6.92 Å². The van der Waals surface area contributed by atoms with Gasteiger partial charge in [-0.05, 0) is 19.3 Å². The van der Waals surface area contributed by atoms with Crippen molar-refractivity contribution in [1.82, 2.24) is 9.78 Å². The molecule has 1 aliphatic carbocycles. The number of nitro groups is 1. The lowest BCUT2D eigenvalue weighted by atomic mass is 10.1. The highest BCUT2D eigenvalue weighted by molar-refractivity contribution is 5.60. The van der Waals surface area contributed by atoms with E-state index >= 15 is 0 Å². The Hall–Kier alpha value is -1.63. The molecule has 2 N–H and O–H groups in total. The maximum Gasteiger partial charge on any atom is 0.334 e. The minimum atomic E-state index is -0.461. The number of nitrogens with one attached hydrogen (secondary N) is 1. The molecular weight excluding hydrogens is 272 g/mol. The molecule has 0 aliphatic heterocycles. The summed E-state index contributed by atoms with van der Waals surface area (Å²) in [5.74, 6) is 0.411. The second-order valence-electron chi connectivity index (χ2n) is 5.73. The average Bonchev–Trinajstić information content (AvgIpc) is 2.59. The first kappa shape index (κ1) is 15.8. The first-order valence-electron chi connectivity index (χ1n) is 7.69. The number of aryl methyl sites for hydroxylation is 2. The largest absolute Gasteiger partial charge is 0.391 e. The summed E-state index contributed by atoms with van der Waals surface area (Å²) in [4.78, 5) is 11.0. The predicted molar refractivity (Wildman–Crippen MR) is 80.4 cm³/mol. The van der Waals surface area contributed by atoms with Crippen LogP contribution >= 0.6 is 0 Å². The topological polar surface area (TPSA) is 93.2 Å². The number of nitrogens with zero attached hydrogens (tertiary/aromatic N) is 3. The Kier molecular flexibility index (Phi) is 5.17. The van der Waals surface area contributed by atoms with E-state index in [4.69, 9.17) is 0 Å². The molecule has 7 nitrogen and oxygen atoms in total. The Bertz CT molecular complexity index is 501. The van der Waals surface area contributed by atoms with E-state index in [2.05, 4.69) is 10.4 Å². The first-order chi connectivity index (χ1) is 10.0. The van der Waals surface area contributed by atoms with Gasteiger partial charge in [-0.15, -0.1) is 0 Å². The molecule has 2 unspecified atom stereocenters. The molecule has 0 amide bonds. The van der Waals surface area contributed by atoms with Gasteiger partial charge in [-0.2, -0.15) is 5.10 Å². The SMILES string of the molecule is CCCc1nn(C)c(NC2CCCCCC2O)c1[N+](=O)[O-]. The third-order valence-corrected chi connectivity index (χ3v) is 4.06. The fraction of sp³-hybridized carbons (Fsp3) is 0.786. The molecule has 118 valence electrons. The lowest BCUT2D eigenvalue weighted by Crippen LogP contribution is -2.33. The van der Waals surface area contributed by atoms with E-state index in [9.17, 15) is 15.2 Å². The number of hydrogen-bond acceptors (Lipinski definition) is 5. The molecule has 7 heteroatoms. The molecule has 1 aromatic rings. The predicted octanol–water partition coefficient (Wildman–Crippen LogP) is 2.39. The maximum absolute atomic E-state index is 11.4. The lowest BCUT2D eigenvalue weighted by Gasteiger charge is -2.22. The van der Waals surface area contributed by atoms with Crippen LogP contribution in [-0.2, 0) is 13.5 Å². The highest BCUT2D eigenvalue weighted by atomic mass is 16.6. The van der Waals surface area contributed by atoms with Crippen molar-refractivity contribution in [2.75, 3.05) is 5.32 Å². The van der Waals surface area contributed by atoms with E-state index in [0.29, 0.717) is 17.9 Å². The van der Waals surface area contributed by atoms with E-state index in [0.717, 1.165) is 38.5 Å². The quantitative estimate of drug-likeness (QED) is 0.494. The zero-order valence-corrected chi connectivity index (χ0v) is 12.7. The van der Waals surface area contributed by atoms with Gasteiger partial charge in [0.15, 0.2) is 0 Å². The van der Waals surface area contributed by atoms with Gasteiger partial charge in [-0.25, -0.2) is 4.68 Å². The van der Waals surface area contributed by atoms with Crippen LogP contribution in [0.1, 0.15) is 51.1 Å². The standard InChI is InChI=1S/C14H24N4O3/c1-3-7-11-13(18(20)21)14(17(2)16-11)15-10-8-5-4-6-9-12(10)19/h10,12,15,19H,3-9H2,1-2H3. The van der Waals surface area contributed by atoms with Gasteiger partial charge in [0.25, 0.3) is 0 Å². The van der Waals surface area contributed by atoms with Crippen LogP contribution in [0.2, 0.25) is 0 Å². The van der Waals surface area contributed by atoms with E-state index in [1.165, 1.54) is 4.68 Å². The fourth-order valence-corrected chi connectivity index (χ4v) is 2.96. The summed E-state index contributed by atoms with van der Waals surface area (Å²) in [5, 5.41) is 29.0. The van der Waals surface area contributed by atoms with Gasteiger partial charge >= 0.3 is 5.69 Å². The summed E-state index contributed by atoms with van der Waals surface area (Å²) in [6.07, 6.45) is 5.64. The summed E-state index contributed by atoms with van der Waals surface area (Å²) in [7, 11) is 1.71. The molecule has 0 bridgehead atoms. The minimum absolute atomic E-state index is 0.0517. The number of aromatic nitrogens is 2. The van der Waals surface area contributed by atoms with Crippen molar-refractivity contribution >= 4 is 11.5 Å². The molecule has 0 radical (unpaired) electrons. The van der Waals surface area contributed by atoms with E-state index in [-0.39, 0.29) is 16.7 Å². The highest BCUT2D eigenvalue weighted by Gasteiger charge is 2.30. The number of rotatable bonds is 5. The van der Waals surface area contributed by atoms with Crippen LogP contribution in [0, 0.1) is 10.1 Å². The number of aliphatic hydroxyl groups excluding tert-OH is 1. The van der Waals surface area contributed by atoms with Crippen molar-refractivity contribution in [1.29, 1.82) is 0 Å². The van der Waals surface area contributed by atoms with Crippen LogP contribution in [0.15, 0.2) is 0 Å². The number of hydrogen-bond donors (Lipinski definition) is 2. The number of aliphatic hydroxyl groups is 1. The monoisotopic (exact) mass is 296 g/mol. The molecular formula is C14H24N4O3. The van der Waals surface area contributed by atoms with Crippen molar-refractivity contribution in [3.8, 4) is 0 Å². The van der Waals surface area contributed by atoms with Crippen molar-refractivity contribution in [2.45, 2.75) is 64.0 Å². The van der Waals surface area contributed by atoms with Crippen LogP contribution in [0.25, 0.3) is 0 Å². The van der Waals surface area contributed by atoms with Gasteiger partial charge in [0.1, 0.15) is 5.69 Å². The third kappa shape index (κ3) is 3.53. The minimum Gasteiger partial charge on any atom is -0.391 e. The summed E-state index contributed by atoms with van der Waals surface area (Å²) in [6, 6.07) is -0.143. The van der Waals surface area contributed by atoms with Gasteiger partial charge in [0, 0.05) is 7.05 Å². The van der Waals surface area contributed by atoms with Crippen LogP contribution in [0.5, 0.6) is 0 Å². The molecule has 1 aromatic heterocycles. The van der Waals surface area contributed by atoms with Gasteiger partial charge in [0.2, 0.25) is 5.82 Å². The zero-order chi connectivity index (χ0) is 15.4. The third-order valence-electron chi connectivity index (χ3n) is 4.06. The maximum atomic E-state index is 11.4. The van der Waals surface area contributed by atoms with Gasteiger partial charge in [0.05, 0.1) is 17.1 Å². The number of anilines is 1. The summed E-state index contributed by atoms with van der Waals surface area (Å²) in [5.41, 5.74) is 0.561. The van der Waals surface area contributed by atoms with Gasteiger partial charge < -0.3 is 10.4 Å². The van der Waals surface area contributed by atoms with Crippen LogP contribution < -0.4 is 5.32 Å². The van der Waals surface area contributed by atoms with Crippen LogP contribution in [-0.4, -0.2) is 32.0 Å². The van der Waals surface area contributed by atoms with Crippen molar-refractivity contribution in [3.63, 3.8) is 0 Å². The highest BCUT2D eigenvalue weighted by Crippen LogP contribution is 2.31. The fourth-order valence-electron chi connectivity index (χ4n) is 2.96. The van der Waals surface area contributed by atoms with Crippen LogP contribution in [0.3, 0.4) is 0 Å². The normalized spacial score (nSPS) is 22.8. The Morgan fingerprint density at radius 3 is 2.81 bits per heavy atom. The summed E-state index contributed by atoms with van der Waals surface area (Å²) >= 11 is 0. The van der Waals surface area contributed by atoms with Crippen molar-refractivity contribution < 1.29 is 10.0 Å². The Balaban J connectivity index is 2.27. The molecule has 2 atom stereocenters. The molecule has 0 saturated heterocycles. The molecule has 0 spiro atoms. The molecule has 2 rings (SSSR count). The summed E-state index contributed by atoms with van der Waals surface area (Å²) in [6.45, 7) is 1.97. The van der Waals surface area contributed by atoms with Crippen molar-refractivity contribution in [2.24, 2.45) is 7.05 Å². The molecule has 1 fully saturated rings. The zero-order valence-electron chi connectivity index (χ0n) is 12.7. The molecule has 21 heavy (non-hydrogen) atoms. The second kappa shape index (κ2) is 6.89. The van der Waals surface area contributed by atoms with E-state index in [1.54, 1.807) is 7.05 Å². The Morgan fingerprint density at radius 2 is 2.14 bits per heavy atom. The Labute approximate surface area is 124 Å². The average molecular weight is 296 g/mol. The molecule has 0 aromatic carbocycles. The summed E-state index contributed by atoms with van der Waals surface area (Å²) < 4.78 is 1.53. The van der Waals surface area contributed by atoms with Gasteiger partial charge in [-0.3, -0.25) is 10.1 Å². The molecule has 1 aliphatic rings. The lowest BCUT2D eigenvalue weighted by molar-refractivity contribution is -0.384. The molecule has 1 saturated carbocycles. The van der Waals surface area contributed by atoms with E-state index < -0.39 is 6.10 Å². The second-order valence-corrected chi connectivity index (χ2v) is 5.73.